The van der Waals surface area contributed by atoms with E-state index >= 15 is 0 Å². The molecule has 0 aliphatic rings. The Morgan fingerprint density at radius 3 is 2.15 bits per heavy atom. The smallest absolute Gasteiger partial charge is 0.313 e. The third kappa shape index (κ3) is 4.24. The van der Waals surface area contributed by atoms with Gasteiger partial charge in [-0.15, -0.1) is 0 Å². The number of fused-ring (bicyclic) bond motifs is 1. The quantitative estimate of drug-likeness (QED) is 0.555. The summed E-state index contributed by atoms with van der Waals surface area (Å²) in [5, 5.41) is 10.5. The zero-order valence-electron chi connectivity index (χ0n) is 17.5. The molecule has 0 aliphatic carbocycles. The van der Waals surface area contributed by atoms with E-state index < -0.39 is 11.4 Å². The van der Waals surface area contributed by atoms with E-state index in [1.165, 1.54) is 5.56 Å². The highest BCUT2D eigenvalue weighted by atomic mass is 16.4. The lowest BCUT2D eigenvalue weighted by Crippen LogP contribution is -2.28. The van der Waals surface area contributed by atoms with Gasteiger partial charge < -0.3 is 10.1 Å². The highest BCUT2D eigenvalue weighted by Crippen LogP contribution is 2.31. The number of rotatable bonds is 3. The summed E-state index contributed by atoms with van der Waals surface area (Å²) in [5.41, 5.74) is 4.49. The fraction of sp³-hybridized carbons (Fsp3) is 0.375. The fourth-order valence-corrected chi connectivity index (χ4v) is 2.95. The number of aliphatic carboxylic acids is 1. The molecule has 1 heterocycles. The summed E-state index contributed by atoms with van der Waals surface area (Å²) in [5.74, 6) is -0.819. The van der Waals surface area contributed by atoms with Crippen LogP contribution >= 0.6 is 0 Å². The molecule has 144 valence electrons. The Kier molecular flexibility index (Phi) is 5.84. The summed E-state index contributed by atoms with van der Waals surface area (Å²) in [6.07, 6.45) is 0. The molecule has 0 aliphatic heterocycles. The Bertz CT molecular complexity index is 942. The monoisotopic (exact) mass is 365 g/mol. The first kappa shape index (κ1) is 20.8. The fourth-order valence-electron chi connectivity index (χ4n) is 2.95. The van der Waals surface area contributed by atoms with Crippen LogP contribution in [-0.2, 0) is 15.6 Å². The van der Waals surface area contributed by atoms with Gasteiger partial charge in [0.25, 0.3) is 0 Å². The third-order valence-corrected chi connectivity index (χ3v) is 4.92. The zero-order chi connectivity index (χ0) is 20.4. The van der Waals surface area contributed by atoms with Gasteiger partial charge in [0, 0.05) is 16.6 Å². The van der Waals surface area contributed by atoms with E-state index in [1.54, 1.807) is 13.8 Å². The Morgan fingerprint density at radius 2 is 1.56 bits per heavy atom. The lowest BCUT2D eigenvalue weighted by Gasteiger charge is -2.19. The van der Waals surface area contributed by atoms with Gasteiger partial charge in [0.15, 0.2) is 0 Å². The van der Waals surface area contributed by atoms with Crippen LogP contribution in [0.25, 0.3) is 22.2 Å². The van der Waals surface area contributed by atoms with Gasteiger partial charge in [-0.2, -0.15) is 0 Å². The first-order valence-electron chi connectivity index (χ1n) is 9.56. The van der Waals surface area contributed by atoms with Gasteiger partial charge in [0.1, 0.15) is 0 Å². The van der Waals surface area contributed by atoms with Crippen molar-refractivity contribution in [3.05, 3.63) is 59.7 Å². The van der Waals surface area contributed by atoms with Crippen LogP contribution in [0.5, 0.6) is 0 Å². The normalized spacial score (nSPS) is 11.8. The van der Waals surface area contributed by atoms with Crippen molar-refractivity contribution in [1.29, 1.82) is 0 Å². The maximum atomic E-state index is 11.5. The predicted octanol–water partition coefficient (Wildman–Crippen LogP) is 6.52. The van der Waals surface area contributed by atoms with Gasteiger partial charge in [-0.05, 0) is 60.2 Å². The molecule has 0 saturated carbocycles. The molecule has 0 saturated heterocycles. The molecule has 3 nitrogen and oxygen atoms in total. The van der Waals surface area contributed by atoms with Crippen LogP contribution in [0.1, 0.15) is 59.6 Å². The number of benzene rings is 2. The number of hydrogen-bond acceptors (Lipinski definition) is 1. The number of hydrogen-bond donors (Lipinski definition) is 2. The van der Waals surface area contributed by atoms with E-state index in [-0.39, 0.29) is 5.41 Å². The Hall–Kier alpha value is -2.55. The summed E-state index contributed by atoms with van der Waals surface area (Å²) in [6, 6.07) is 16.5. The van der Waals surface area contributed by atoms with E-state index in [4.69, 9.17) is 0 Å². The van der Waals surface area contributed by atoms with Crippen LogP contribution in [0, 0.1) is 0 Å². The second kappa shape index (κ2) is 7.59. The number of H-pyrrole nitrogens is 1. The number of carbonyl (C=O) groups is 1. The lowest BCUT2D eigenvalue weighted by molar-refractivity contribution is -0.142. The van der Waals surface area contributed by atoms with Crippen LogP contribution in [0.2, 0.25) is 0 Å². The van der Waals surface area contributed by atoms with E-state index in [0.29, 0.717) is 0 Å². The molecule has 0 unspecified atom stereocenters. The van der Waals surface area contributed by atoms with Gasteiger partial charge in [-0.3, -0.25) is 4.79 Å². The Balaban J connectivity index is 0.00000126. The molecule has 0 fully saturated rings. The van der Waals surface area contributed by atoms with Gasteiger partial charge in [-0.25, -0.2) is 0 Å². The molecule has 27 heavy (non-hydrogen) atoms. The molecule has 0 amide bonds. The zero-order valence-corrected chi connectivity index (χ0v) is 17.5. The van der Waals surface area contributed by atoms with Gasteiger partial charge in [0.05, 0.1) is 5.41 Å². The molecule has 0 spiro atoms. The van der Waals surface area contributed by atoms with Crippen molar-refractivity contribution in [1.82, 2.24) is 4.98 Å². The third-order valence-electron chi connectivity index (χ3n) is 4.92. The van der Waals surface area contributed by atoms with Crippen molar-refractivity contribution in [2.75, 3.05) is 0 Å². The van der Waals surface area contributed by atoms with Gasteiger partial charge in [0.2, 0.25) is 0 Å². The summed E-state index contributed by atoms with van der Waals surface area (Å²) >= 11 is 0. The minimum absolute atomic E-state index is 0.0979. The summed E-state index contributed by atoms with van der Waals surface area (Å²) in [7, 11) is 0. The van der Waals surface area contributed by atoms with Crippen LogP contribution in [0.3, 0.4) is 0 Å². The number of aromatic amines is 1. The molecule has 0 atom stereocenters. The van der Waals surface area contributed by atoms with E-state index in [9.17, 15) is 9.90 Å². The molecule has 0 radical (unpaired) electrons. The maximum Gasteiger partial charge on any atom is 0.313 e. The SMILES string of the molecule is CC.CC(C)(C)c1cccc(-c2cc3cc(C(C)(C)C(=O)O)ccc3[nH]2)c1. The topological polar surface area (TPSA) is 53.1 Å². The van der Waals surface area contributed by atoms with Crippen molar-refractivity contribution < 1.29 is 9.90 Å². The molecular formula is C24H31NO2. The number of aromatic nitrogens is 1. The number of nitrogens with one attached hydrogen (secondary N) is 1. The average Bonchev–Trinajstić information content (AvgIpc) is 3.06. The van der Waals surface area contributed by atoms with Crippen molar-refractivity contribution in [3.8, 4) is 11.3 Å². The maximum absolute atomic E-state index is 11.5. The van der Waals surface area contributed by atoms with Crippen molar-refractivity contribution in [2.24, 2.45) is 0 Å². The predicted molar refractivity (Wildman–Crippen MR) is 114 cm³/mol. The Morgan fingerprint density at radius 1 is 0.889 bits per heavy atom. The van der Waals surface area contributed by atoms with Crippen LogP contribution in [-0.4, -0.2) is 16.1 Å². The van der Waals surface area contributed by atoms with Gasteiger partial charge in [-0.1, -0.05) is 58.9 Å². The largest absolute Gasteiger partial charge is 0.481 e. The summed E-state index contributed by atoms with van der Waals surface area (Å²) in [4.78, 5) is 15.0. The van der Waals surface area contributed by atoms with E-state index in [2.05, 4.69) is 56.1 Å². The standard InChI is InChI=1S/C22H25NO2.C2H6/c1-21(2,3)16-8-6-7-14(11-16)19-13-15-12-17(9-10-18(15)23-19)22(4,5)20(24)25;1-2/h6-13,23H,1-5H3,(H,24,25);1-2H3. The summed E-state index contributed by atoms with van der Waals surface area (Å²) in [6.45, 7) is 14.1. The first-order valence-corrected chi connectivity index (χ1v) is 9.56. The minimum atomic E-state index is -0.905. The lowest BCUT2D eigenvalue weighted by atomic mass is 9.84. The van der Waals surface area contributed by atoms with E-state index in [1.807, 2.05) is 32.0 Å². The van der Waals surface area contributed by atoms with Crippen LogP contribution < -0.4 is 0 Å². The van der Waals surface area contributed by atoms with Crippen LogP contribution in [0.15, 0.2) is 48.5 Å². The van der Waals surface area contributed by atoms with Gasteiger partial charge >= 0.3 is 5.97 Å². The number of carboxylic acids is 1. The minimum Gasteiger partial charge on any atom is -0.481 e. The van der Waals surface area contributed by atoms with Crippen molar-refractivity contribution in [3.63, 3.8) is 0 Å². The van der Waals surface area contributed by atoms with Crippen molar-refractivity contribution in [2.45, 2.75) is 59.3 Å². The molecule has 3 heteroatoms. The molecule has 3 aromatic rings. The Labute approximate surface area is 162 Å². The average molecular weight is 366 g/mol. The molecule has 0 bridgehead atoms. The molecule has 2 N–H and O–H groups in total. The number of carboxylic acid groups (broad SMARTS) is 1. The van der Waals surface area contributed by atoms with Crippen LogP contribution in [0.4, 0.5) is 0 Å². The highest BCUT2D eigenvalue weighted by molar-refractivity contribution is 5.89. The second-order valence-corrected chi connectivity index (χ2v) is 8.25. The molecule has 3 rings (SSSR count). The highest BCUT2D eigenvalue weighted by Gasteiger charge is 2.29. The molecule has 1 aromatic heterocycles. The summed E-state index contributed by atoms with van der Waals surface area (Å²) < 4.78 is 0. The molecule has 2 aromatic carbocycles. The van der Waals surface area contributed by atoms with E-state index in [0.717, 1.165) is 27.7 Å². The second-order valence-electron chi connectivity index (χ2n) is 8.25. The first-order chi connectivity index (χ1) is 12.6. The molecular weight excluding hydrogens is 334 g/mol. The van der Waals surface area contributed by atoms with Crippen molar-refractivity contribution >= 4 is 16.9 Å².